The maximum absolute atomic E-state index is 12.5. The molecule has 2 nitrogen and oxygen atoms in total. The van der Waals surface area contributed by atoms with Gasteiger partial charge in [0.05, 0.1) is 5.52 Å². The first-order chi connectivity index (χ1) is 7.91. The Morgan fingerprint density at radius 2 is 1.94 bits per heavy atom. The number of halogens is 3. The fourth-order valence-corrected chi connectivity index (χ4v) is 1.95. The van der Waals surface area contributed by atoms with Crippen molar-refractivity contribution in [1.29, 1.82) is 0 Å². The van der Waals surface area contributed by atoms with Gasteiger partial charge in [0.25, 0.3) is 0 Å². The Labute approximate surface area is 98.8 Å². The van der Waals surface area contributed by atoms with Crippen LogP contribution in [0.1, 0.15) is 5.69 Å². The number of hydrogen-bond acceptors (Lipinski definition) is 2. The number of aromatic nitrogens is 1. The fraction of sp³-hybridized carbons (Fsp3) is 0.182. The van der Waals surface area contributed by atoms with Crippen molar-refractivity contribution in [2.75, 3.05) is 6.26 Å². The molecule has 17 heavy (non-hydrogen) atoms. The van der Waals surface area contributed by atoms with Crippen LogP contribution in [-0.2, 0) is 6.18 Å². The standard InChI is InChI=1S/C11H8F3NOS/c1-17-6-2-3-7-8(4-6)15-10(5-9(7)16)11(12,13)14/h2-5H,1H3,(H,15,16). The summed E-state index contributed by atoms with van der Waals surface area (Å²) in [6.45, 7) is 0. The number of aromatic amines is 1. The Morgan fingerprint density at radius 1 is 1.24 bits per heavy atom. The number of alkyl halides is 3. The van der Waals surface area contributed by atoms with Crippen molar-refractivity contribution in [2.45, 2.75) is 11.1 Å². The number of thioether (sulfide) groups is 1. The molecule has 1 aromatic heterocycles. The van der Waals surface area contributed by atoms with Gasteiger partial charge in [-0.25, -0.2) is 0 Å². The molecule has 0 spiro atoms. The maximum atomic E-state index is 12.5. The summed E-state index contributed by atoms with van der Waals surface area (Å²) in [5.41, 5.74) is -1.44. The molecule has 2 rings (SSSR count). The van der Waals surface area contributed by atoms with Crippen LogP contribution in [0.25, 0.3) is 10.9 Å². The minimum Gasteiger partial charge on any atom is -0.351 e. The summed E-state index contributed by atoms with van der Waals surface area (Å²) in [5.74, 6) is 0. The Hall–Kier alpha value is -1.43. The third-order valence-corrected chi connectivity index (χ3v) is 3.07. The van der Waals surface area contributed by atoms with E-state index in [0.717, 1.165) is 4.90 Å². The van der Waals surface area contributed by atoms with Crippen molar-refractivity contribution >= 4 is 22.7 Å². The van der Waals surface area contributed by atoms with Crippen LogP contribution in [0.3, 0.4) is 0 Å². The molecule has 0 unspecified atom stereocenters. The molecule has 0 saturated carbocycles. The topological polar surface area (TPSA) is 32.9 Å². The first kappa shape index (κ1) is 12.0. The van der Waals surface area contributed by atoms with Crippen LogP contribution in [0.4, 0.5) is 13.2 Å². The molecule has 0 atom stereocenters. The summed E-state index contributed by atoms with van der Waals surface area (Å²) in [4.78, 5) is 14.6. The predicted molar refractivity (Wildman–Crippen MR) is 61.4 cm³/mol. The van der Waals surface area contributed by atoms with Gasteiger partial charge in [0.1, 0.15) is 5.69 Å². The van der Waals surface area contributed by atoms with Crippen molar-refractivity contribution in [1.82, 2.24) is 4.98 Å². The Balaban J connectivity index is 2.75. The van der Waals surface area contributed by atoms with E-state index in [2.05, 4.69) is 4.98 Å². The average Bonchev–Trinajstić information content (AvgIpc) is 2.27. The van der Waals surface area contributed by atoms with Crippen molar-refractivity contribution < 1.29 is 13.2 Å². The maximum Gasteiger partial charge on any atom is 0.431 e. The van der Waals surface area contributed by atoms with E-state index in [0.29, 0.717) is 6.07 Å². The average molecular weight is 259 g/mol. The summed E-state index contributed by atoms with van der Waals surface area (Å²) in [6, 6.07) is 5.35. The first-order valence-corrected chi connectivity index (χ1v) is 5.92. The number of pyridine rings is 1. The number of H-pyrrole nitrogens is 1. The molecule has 0 aliphatic rings. The van der Waals surface area contributed by atoms with E-state index in [-0.39, 0.29) is 10.9 Å². The largest absolute Gasteiger partial charge is 0.431 e. The third kappa shape index (κ3) is 2.31. The van der Waals surface area contributed by atoms with Crippen molar-refractivity contribution in [2.24, 2.45) is 0 Å². The Bertz CT molecular complexity index is 618. The molecule has 0 radical (unpaired) electrons. The molecule has 0 saturated heterocycles. The number of nitrogens with one attached hydrogen (secondary N) is 1. The van der Waals surface area contributed by atoms with Crippen LogP contribution in [-0.4, -0.2) is 11.2 Å². The SMILES string of the molecule is CSc1ccc2c(=O)cc(C(F)(F)F)[nH]c2c1. The second-order valence-electron chi connectivity index (χ2n) is 3.46. The lowest BCUT2D eigenvalue weighted by atomic mass is 10.2. The molecule has 0 amide bonds. The molecule has 0 aliphatic heterocycles. The number of rotatable bonds is 1. The lowest BCUT2D eigenvalue weighted by molar-refractivity contribution is -0.141. The zero-order valence-electron chi connectivity index (χ0n) is 8.76. The Morgan fingerprint density at radius 3 is 2.53 bits per heavy atom. The summed E-state index contributed by atoms with van der Waals surface area (Å²) >= 11 is 1.40. The van der Waals surface area contributed by atoms with E-state index in [9.17, 15) is 18.0 Å². The molecular weight excluding hydrogens is 251 g/mol. The summed E-state index contributed by atoms with van der Waals surface area (Å²) in [7, 11) is 0. The number of hydrogen-bond donors (Lipinski definition) is 1. The quantitative estimate of drug-likeness (QED) is 0.797. The van der Waals surface area contributed by atoms with Gasteiger partial charge < -0.3 is 4.98 Å². The first-order valence-electron chi connectivity index (χ1n) is 4.70. The molecule has 0 aliphatic carbocycles. The van der Waals surface area contributed by atoms with Gasteiger partial charge in [-0.2, -0.15) is 13.2 Å². The van der Waals surface area contributed by atoms with Gasteiger partial charge in [-0.3, -0.25) is 4.79 Å². The smallest absolute Gasteiger partial charge is 0.351 e. The second-order valence-corrected chi connectivity index (χ2v) is 4.34. The van der Waals surface area contributed by atoms with Crippen molar-refractivity contribution in [3.05, 3.63) is 40.2 Å². The van der Waals surface area contributed by atoms with Gasteiger partial charge >= 0.3 is 6.18 Å². The lowest BCUT2D eigenvalue weighted by Gasteiger charge is -2.08. The highest BCUT2D eigenvalue weighted by Gasteiger charge is 2.32. The van der Waals surface area contributed by atoms with Gasteiger partial charge in [0.15, 0.2) is 5.43 Å². The third-order valence-electron chi connectivity index (χ3n) is 2.34. The van der Waals surface area contributed by atoms with E-state index in [1.165, 1.54) is 23.9 Å². The van der Waals surface area contributed by atoms with E-state index >= 15 is 0 Å². The highest BCUT2D eigenvalue weighted by Crippen LogP contribution is 2.28. The van der Waals surface area contributed by atoms with Crippen LogP contribution in [0.5, 0.6) is 0 Å². The summed E-state index contributed by atoms with van der Waals surface area (Å²) in [6.07, 6.45) is -2.73. The normalized spacial score (nSPS) is 12.0. The van der Waals surface area contributed by atoms with Gasteiger partial charge in [-0.05, 0) is 24.5 Å². The van der Waals surface area contributed by atoms with Crippen LogP contribution in [0.15, 0.2) is 34.0 Å². The minimum atomic E-state index is -4.54. The molecule has 90 valence electrons. The molecule has 1 N–H and O–H groups in total. The van der Waals surface area contributed by atoms with E-state index in [1.54, 1.807) is 6.07 Å². The minimum absolute atomic E-state index is 0.205. The molecule has 1 heterocycles. The summed E-state index contributed by atoms with van der Waals surface area (Å²) < 4.78 is 37.5. The zero-order valence-corrected chi connectivity index (χ0v) is 9.58. The van der Waals surface area contributed by atoms with Crippen LogP contribution in [0, 0.1) is 0 Å². The van der Waals surface area contributed by atoms with Crippen LogP contribution >= 0.6 is 11.8 Å². The van der Waals surface area contributed by atoms with Crippen LogP contribution in [0.2, 0.25) is 0 Å². The summed E-state index contributed by atoms with van der Waals surface area (Å²) in [5, 5.41) is 0.260. The number of fused-ring (bicyclic) bond motifs is 1. The monoisotopic (exact) mass is 259 g/mol. The molecule has 1 aromatic carbocycles. The highest BCUT2D eigenvalue weighted by atomic mass is 32.2. The molecule has 0 fully saturated rings. The van der Waals surface area contributed by atoms with Crippen LogP contribution < -0.4 is 5.43 Å². The molecular formula is C11H8F3NOS. The molecule has 6 heteroatoms. The van der Waals surface area contributed by atoms with Gasteiger partial charge in [0, 0.05) is 16.3 Å². The molecule has 0 bridgehead atoms. The second kappa shape index (κ2) is 4.10. The molecule has 2 aromatic rings. The van der Waals surface area contributed by atoms with E-state index < -0.39 is 17.3 Å². The highest BCUT2D eigenvalue weighted by molar-refractivity contribution is 7.98. The predicted octanol–water partition coefficient (Wildman–Crippen LogP) is 3.27. The van der Waals surface area contributed by atoms with Crippen molar-refractivity contribution in [3.8, 4) is 0 Å². The van der Waals surface area contributed by atoms with E-state index in [4.69, 9.17) is 0 Å². The van der Waals surface area contributed by atoms with E-state index in [1.807, 2.05) is 6.26 Å². The zero-order chi connectivity index (χ0) is 12.6. The Kier molecular flexibility index (Phi) is 2.91. The lowest BCUT2D eigenvalue weighted by Crippen LogP contribution is -2.13. The number of benzene rings is 1. The fourth-order valence-electron chi connectivity index (χ4n) is 1.51. The van der Waals surface area contributed by atoms with Gasteiger partial charge in [0.2, 0.25) is 0 Å². The van der Waals surface area contributed by atoms with Gasteiger partial charge in [-0.1, -0.05) is 0 Å². The van der Waals surface area contributed by atoms with Gasteiger partial charge in [-0.15, -0.1) is 11.8 Å². The van der Waals surface area contributed by atoms with Crippen molar-refractivity contribution in [3.63, 3.8) is 0 Å².